The van der Waals surface area contributed by atoms with Crippen LogP contribution in [0.5, 0.6) is 11.6 Å². The number of rotatable bonds is 7. The molecule has 3 rings (SSSR count). The second-order valence-electron chi connectivity index (χ2n) is 6.09. The molecule has 0 radical (unpaired) electrons. The van der Waals surface area contributed by atoms with Gasteiger partial charge in [-0.2, -0.15) is 0 Å². The van der Waals surface area contributed by atoms with Gasteiger partial charge < -0.3 is 20.1 Å². The Labute approximate surface area is 163 Å². The van der Waals surface area contributed by atoms with Crippen LogP contribution < -0.4 is 15.4 Å². The zero-order chi connectivity index (χ0) is 18.9. The smallest absolute Gasteiger partial charge is 0.224 e. The summed E-state index contributed by atoms with van der Waals surface area (Å²) in [5.74, 6) is 0.474. The predicted molar refractivity (Wildman–Crippen MR) is 105 cm³/mol. The summed E-state index contributed by atoms with van der Waals surface area (Å²) in [5.41, 5.74) is 0.832. The molecule has 1 aliphatic rings. The van der Waals surface area contributed by atoms with Crippen LogP contribution in [-0.2, 0) is 11.3 Å². The van der Waals surface area contributed by atoms with Crippen molar-refractivity contribution in [3.8, 4) is 11.6 Å². The summed E-state index contributed by atoms with van der Waals surface area (Å²) in [6.45, 7) is 5.64. The maximum Gasteiger partial charge on any atom is 0.224 e. The SMILES string of the molecule is Fc1cccc(Oc2ncccc2CNC(=S)NCCN2CCOCC2)c1. The first-order valence-corrected chi connectivity index (χ1v) is 9.30. The van der Waals surface area contributed by atoms with Crippen molar-refractivity contribution in [2.45, 2.75) is 6.54 Å². The standard InChI is InChI=1S/C19H23FN4O2S/c20-16-4-1-5-17(13-16)26-18-15(3-2-6-21-18)14-23-19(27)22-7-8-24-9-11-25-12-10-24/h1-6,13H,7-12,14H2,(H2,22,23,27). The van der Waals surface area contributed by atoms with E-state index in [0.29, 0.717) is 23.3 Å². The quantitative estimate of drug-likeness (QED) is 0.704. The fourth-order valence-corrected chi connectivity index (χ4v) is 2.86. The average Bonchev–Trinajstić information content (AvgIpc) is 2.68. The summed E-state index contributed by atoms with van der Waals surface area (Å²) in [4.78, 5) is 6.58. The first-order valence-electron chi connectivity index (χ1n) is 8.90. The van der Waals surface area contributed by atoms with Crippen molar-refractivity contribution in [3.05, 3.63) is 54.0 Å². The van der Waals surface area contributed by atoms with Crippen LogP contribution in [0.1, 0.15) is 5.56 Å². The summed E-state index contributed by atoms with van der Waals surface area (Å²) < 4.78 is 24.4. The number of nitrogens with zero attached hydrogens (tertiary/aromatic N) is 2. The van der Waals surface area contributed by atoms with E-state index in [9.17, 15) is 4.39 Å². The minimum absolute atomic E-state index is 0.353. The van der Waals surface area contributed by atoms with Crippen LogP contribution in [0.2, 0.25) is 0 Å². The largest absolute Gasteiger partial charge is 0.439 e. The number of halogens is 1. The summed E-state index contributed by atoms with van der Waals surface area (Å²) in [6, 6.07) is 9.69. The summed E-state index contributed by atoms with van der Waals surface area (Å²) in [5, 5.41) is 6.93. The highest BCUT2D eigenvalue weighted by Gasteiger charge is 2.10. The number of nitrogens with one attached hydrogen (secondary N) is 2. The van der Waals surface area contributed by atoms with Gasteiger partial charge in [0.15, 0.2) is 5.11 Å². The third kappa shape index (κ3) is 6.42. The lowest BCUT2D eigenvalue weighted by Crippen LogP contribution is -2.43. The second-order valence-corrected chi connectivity index (χ2v) is 6.50. The number of benzene rings is 1. The topological polar surface area (TPSA) is 58.7 Å². The third-order valence-corrected chi connectivity index (χ3v) is 4.41. The number of pyridine rings is 1. The highest BCUT2D eigenvalue weighted by molar-refractivity contribution is 7.80. The second kappa shape index (κ2) is 10.1. The van der Waals surface area contributed by atoms with E-state index < -0.39 is 0 Å². The van der Waals surface area contributed by atoms with E-state index in [4.69, 9.17) is 21.7 Å². The van der Waals surface area contributed by atoms with E-state index in [1.807, 2.05) is 12.1 Å². The van der Waals surface area contributed by atoms with E-state index in [0.717, 1.165) is 45.0 Å². The highest BCUT2D eigenvalue weighted by atomic mass is 32.1. The predicted octanol–water partition coefficient (Wildman–Crippen LogP) is 2.31. The fraction of sp³-hybridized carbons (Fsp3) is 0.368. The van der Waals surface area contributed by atoms with Gasteiger partial charge in [0.05, 0.1) is 13.2 Å². The summed E-state index contributed by atoms with van der Waals surface area (Å²) in [6.07, 6.45) is 1.64. The highest BCUT2D eigenvalue weighted by Crippen LogP contribution is 2.23. The minimum atomic E-state index is -0.353. The Balaban J connectivity index is 1.46. The molecular weight excluding hydrogens is 367 g/mol. The molecule has 2 aromatic rings. The summed E-state index contributed by atoms with van der Waals surface area (Å²) >= 11 is 5.33. The minimum Gasteiger partial charge on any atom is -0.439 e. The first-order chi connectivity index (χ1) is 13.2. The van der Waals surface area contributed by atoms with Crippen molar-refractivity contribution < 1.29 is 13.9 Å². The Bertz CT molecular complexity index is 756. The number of hydrogen-bond donors (Lipinski definition) is 2. The Morgan fingerprint density at radius 1 is 1.22 bits per heavy atom. The molecule has 1 aliphatic heterocycles. The molecule has 0 saturated carbocycles. The number of hydrogen-bond acceptors (Lipinski definition) is 5. The van der Waals surface area contributed by atoms with Crippen molar-refractivity contribution in [1.29, 1.82) is 0 Å². The molecule has 0 amide bonds. The molecule has 0 bridgehead atoms. The van der Waals surface area contributed by atoms with Crippen molar-refractivity contribution >= 4 is 17.3 Å². The zero-order valence-corrected chi connectivity index (χ0v) is 15.8. The van der Waals surface area contributed by atoms with Crippen LogP contribution in [0, 0.1) is 5.82 Å². The third-order valence-electron chi connectivity index (χ3n) is 4.12. The Morgan fingerprint density at radius 3 is 2.89 bits per heavy atom. The van der Waals surface area contributed by atoms with E-state index in [2.05, 4.69) is 20.5 Å². The van der Waals surface area contributed by atoms with Crippen molar-refractivity contribution in [2.75, 3.05) is 39.4 Å². The molecule has 0 spiro atoms. The van der Waals surface area contributed by atoms with Gasteiger partial charge in [0, 0.05) is 50.6 Å². The van der Waals surface area contributed by atoms with E-state index in [1.165, 1.54) is 12.1 Å². The first kappa shape index (κ1) is 19.5. The summed E-state index contributed by atoms with van der Waals surface area (Å²) in [7, 11) is 0. The van der Waals surface area contributed by atoms with Crippen LogP contribution in [0.3, 0.4) is 0 Å². The molecular formula is C19H23FN4O2S. The van der Waals surface area contributed by atoms with Gasteiger partial charge in [-0.1, -0.05) is 12.1 Å². The Kier molecular flexibility index (Phi) is 7.32. The molecule has 1 fully saturated rings. The molecule has 1 aromatic carbocycles. The lowest BCUT2D eigenvalue weighted by molar-refractivity contribution is 0.0389. The zero-order valence-electron chi connectivity index (χ0n) is 15.0. The molecule has 1 aromatic heterocycles. The van der Waals surface area contributed by atoms with Crippen LogP contribution in [0.4, 0.5) is 4.39 Å². The van der Waals surface area contributed by atoms with Crippen LogP contribution >= 0.6 is 12.2 Å². The van der Waals surface area contributed by atoms with E-state index in [-0.39, 0.29) is 5.82 Å². The molecule has 0 unspecified atom stereocenters. The molecule has 6 nitrogen and oxygen atoms in total. The van der Waals surface area contributed by atoms with Gasteiger partial charge in [-0.05, 0) is 30.4 Å². The van der Waals surface area contributed by atoms with E-state index in [1.54, 1.807) is 18.3 Å². The lowest BCUT2D eigenvalue weighted by atomic mass is 10.2. The Hall–Kier alpha value is -2.29. The van der Waals surface area contributed by atoms with Crippen LogP contribution in [0.25, 0.3) is 0 Å². The molecule has 0 atom stereocenters. The molecule has 27 heavy (non-hydrogen) atoms. The van der Waals surface area contributed by atoms with Gasteiger partial charge in [0.25, 0.3) is 0 Å². The molecule has 8 heteroatoms. The maximum absolute atomic E-state index is 13.3. The van der Waals surface area contributed by atoms with Crippen molar-refractivity contribution in [3.63, 3.8) is 0 Å². The molecule has 2 N–H and O–H groups in total. The molecule has 1 saturated heterocycles. The van der Waals surface area contributed by atoms with Crippen molar-refractivity contribution in [2.24, 2.45) is 0 Å². The monoisotopic (exact) mass is 390 g/mol. The lowest BCUT2D eigenvalue weighted by Gasteiger charge is -2.26. The molecule has 0 aliphatic carbocycles. The van der Waals surface area contributed by atoms with Crippen LogP contribution in [0.15, 0.2) is 42.6 Å². The number of ether oxygens (including phenoxy) is 2. The van der Waals surface area contributed by atoms with Gasteiger partial charge >= 0.3 is 0 Å². The van der Waals surface area contributed by atoms with Gasteiger partial charge in [0.1, 0.15) is 11.6 Å². The van der Waals surface area contributed by atoms with Gasteiger partial charge in [-0.3, -0.25) is 4.90 Å². The van der Waals surface area contributed by atoms with Gasteiger partial charge in [-0.15, -0.1) is 0 Å². The van der Waals surface area contributed by atoms with Crippen molar-refractivity contribution in [1.82, 2.24) is 20.5 Å². The molecule has 144 valence electrons. The van der Waals surface area contributed by atoms with Crippen LogP contribution in [-0.4, -0.2) is 54.4 Å². The normalized spacial score (nSPS) is 14.6. The molecule has 2 heterocycles. The number of thiocarbonyl (C=S) groups is 1. The van der Waals surface area contributed by atoms with Gasteiger partial charge in [-0.25, -0.2) is 9.37 Å². The number of morpholine rings is 1. The van der Waals surface area contributed by atoms with E-state index >= 15 is 0 Å². The average molecular weight is 390 g/mol. The Morgan fingerprint density at radius 2 is 2.07 bits per heavy atom. The van der Waals surface area contributed by atoms with Gasteiger partial charge in [0.2, 0.25) is 5.88 Å². The number of aromatic nitrogens is 1. The maximum atomic E-state index is 13.3. The fourth-order valence-electron chi connectivity index (χ4n) is 2.68.